The van der Waals surface area contributed by atoms with Gasteiger partial charge in [0.15, 0.2) is 0 Å². The summed E-state index contributed by atoms with van der Waals surface area (Å²) in [6.07, 6.45) is 0.296. The Balaban J connectivity index is 4.80. The Morgan fingerprint density at radius 2 is 1.87 bits per heavy atom. The van der Waals surface area contributed by atoms with Crippen molar-refractivity contribution in [3.63, 3.8) is 0 Å². The number of carbonyl (C=O) groups is 2. The van der Waals surface area contributed by atoms with Crippen molar-refractivity contribution in [2.75, 3.05) is 0 Å². The van der Waals surface area contributed by atoms with Crippen LogP contribution in [0.15, 0.2) is 0 Å². The molecule has 0 aromatic carbocycles. The number of alkyl halides is 1. The standard InChI is InChI=1S/C10H17ClO4/c1-5-7(4)15-9(14)10(11,6(2)3)8(12)13/h6-7H,5H2,1-4H3,(H,12,13). The van der Waals surface area contributed by atoms with Gasteiger partial charge in [-0.05, 0) is 19.3 Å². The van der Waals surface area contributed by atoms with E-state index in [1.54, 1.807) is 20.8 Å². The molecule has 0 amide bonds. The number of hydrogen-bond donors (Lipinski definition) is 1. The monoisotopic (exact) mass is 236 g/mol. The highest BCUT2D eigenvalue weighted by atomic mass is 35.5. The van der Waals surface area contributed by atoms with Crippen molar-refractivity contribution in [1.29, 1.82) is 0 Å². The molecule has 0 heterocycles. The molecule has 88 valence electrons. The predicted octanol–water partition coefficient (Wildman–Crippen LogP) is 2.05. The van der Waals surface area contributed by atoms with Crippen LogP contribution in [0, 0.1) is 5.92 Å². The molecule has 5 heteroatoms. The minimum atomic E-state index is -1.98. The second kappa shape index (κ2) is 5.35. The van der Waals surface area contributed by atoms with Crippen LogP contribution < -0.4 is 0 Å². The fourth-order valence-corrected chi connectivity index (χ4v) is 0.966. The smallest absolute Gasteiger partial charge is 0.339 e. The zero-order chi connectivity index (χ0) is 12.2. The van der Waals surface area contributed by atoms with Crippen molar-refractivity contribution in [3.05, 3.63) is 0 Å². The molecule has 0 spiro atoms. The van der Waals surface area contributed by atoms with Crippen LogP contribution in [0.3, 0.4) is 0 Å². The van der Waals surface area contributed by atoms with E-state index < -0.39 is 22.7 Å². The second-order valence-corrected chi connectivity index (χ2v) is 4.39. The Hall–Kier alpha value is -0.770. The first-order valence-corrected chi connectivity index (χ1v) is 5.27. The van der Waals surface area contributed by atoms with Crippen molar-refractivity contribution < 1.29 is 19.4 Å². The Morgan fingerprint density at radius 3 is 2.13 bits per heavy atom. The number of carboxylic acids is 1. The van der Waals surface area contributed by atoms with E-state index in [9.17, 15) is 9.59 Å². The zero-order valence-corrected chi connectivity index (χ0v) is 10.2. The van der Waals surface area contributed by atoms with Crippen LogP contribution in [-0.4, -0.2) is 28.0 Å². The molecule has 0 aromatic heterocycles. The number of esters is 1. The van der Waals surface area contributed by atoms with Crippen LogP contribution in [-0.2, 0) is 14.3 Å². The molecule has 0 aromatic rings. The largest absolute Gasteiger partial charge is 0.479 e. The van der Waals surface area contributed by atoms with E-state index in [1.807, 2.05) is 6.92 Å². The summed E-state index contributed by atoms with van der Waals surface area (Å²) >= 11 is 5.79. The normalized spacial score (nSPS) is 16.9. The maximum Gasteiger partial charge on any atom is 0.339 e. The second-order valence-electron chi connectivity index (χ2n) is 3.80. The van der Waals surface area contributed by atoms with Gasteiger partial charge < -0.3 is 9.84 Å². The third-order valence-corrected chi connectivity index (χ3v) is 3.04. The molecule has 4 nitrogen and oxygen atoms in total. The molecular weight excluding hydrogens is 220 g/mol. The topological polar surface area (TPSA) is 63.6 Å². The molecule has 0 aliphatic rings. The van der Waals surface area contributed by atoms with Crippen molar-refractivity contribution in [2.45, 2.75) is 45.1 Å². The molecule has 0 radical (unpaired) electrons. The molecule has 0 rings (SSSR count). The van der Waals surface area contributed by atoms with Gasteiger partial charge in [-0.1, -0.05) is 32.4 Å². The Kier molecular flexibility index (Phi) is 5.08. The lowest BCUT2D eigenvalue weighted by molar-refractivity contribution is -0.161. The fraction of sp³-hybridized carbons (Fsp3) is 0.800. The lowest BCUT2D eigenvalue weighted by Crippen LogP contribution is -2.47. The van der Waals surface area contributed by atoms with Crippen LogP contribution >= 0.6 is 11.6 Å². The number of carboxylic acid groups (broad SMARTS) is 1. The van der Waals surface area contributed by atoms with Gasteiger partial charge in [0.2, 0.25) is 4.87 Å². The molecule has 1 N–H and O–H groups in total. The van der Waals surface area contributed by atoms with Crippen LogP contribution in [0.2, 0.25) is 0 Å². The third-order valence-electron chi connectivity index (χ3n) is 2.29. The summed E-state index contributed by atoms with van der Waals surface area (Å²) in [4.78, 5) is 20.5. The van der Waals surface area contributed by atoms with Crippen LogP contribution in [0.25, 0.3) is 0 Å². The Morgan fingerprint density at radius 1 is 1.40 bits per heavy atom. The van der Waals surface area contributed by atoms with Crippen LogP contribution in [0.5, 0.6) is 0 Å². The van der Waals surface area contributed by atoms with Gasteiger partial charge in [-0.15, -0.1) is 0 Å². The summed E-state index contributed by atoms with van der Waals surface area (Å²) in [6.45, 7) is 6.67. The number of aliphatic carboxylic acids is 1. The summed E-state index contributed by atoms with van der Waals surface area (Å²) in [7, 11) is 0. The fourth-order valence-electron chi connectivity index (χ4n) is 0.922. The third kappa shape index (κ3) is 3.09. The van der Waals surface area contributed by atoms with E-state index in [2.05, 4.69) is 0 Å². The summed E-state index contributed by atoms with van der Waals surface area (Å²) in [5.74, 6) is -2.79. The average molecular weight is 237 g/mol. The van der Waals surface area contributed by atoms with Gasteiger partial charge in [-0.3, -0.25) is 0 Å². The first kappa shape index (κ1) is 14.2. The van der Waals surface area contributed by atoms with Gasteiger partial charge in [0.25, 0.3) is 0 Å². The minimum absolute atomic E-state index is 0.325. The number of rotatable bonds is 5. The summed E-state index contributed by atoms with van der Waals surface area (Å²) in [5, 5.41) is 8.93. The van der Waals surface area contributed by atoms with E-state index in [-0.39, 0.29) is 6.10 Å². The summed E-state index contributed by atoms with van der Waals surface area (Å²) < 4.78 is 4.94. The zero-order valence-electron chi connectivity index (χ0n) is 9.41. The first-order chi connectivity index (χ1) is 6.76. The molecule has 2 unspecified atom stereocenters. The van der Waals surface area contributed by atoms with Crippen molar-refractivity contribution in [1.82, 2.24) is 0 Å². The number of halogens is 1. The molecule has 0 saturated heterocycles. The number of hydrogen-bond acceptors (Lipinski definition) is 3. The van der Waals surface area contributed by atoms with Crippen LogP contribution in [0.1, 0.15) is 34.1 Å². The van der Waals surface area contributed by atoms with Gasteiger partial charge in [0, 0.05) is 0 Å². The van der Waals surface area contributed by atoms with Gasteiger partial charge in [0.05, 0.1) is 6.10 Å². The molecule has 2 atom stereocenters. The Labute approximate surface area is 94.6 Å². The van der Waals surface area contributed by atoms with Gasteiger partial charge in [-0.25, -0.2) is 9.59 Å². The molecular formula is C10H17ClO4. The lowest BCUT2D eigenvalue weighted by Gasteiger charge is -2.25. The van der Waals surface area contributed by atoms with Crippen molar-refractivity contribution in [2.24, 2.45) is 5.92 Å². The number of carbonyl (C=O) groups excluding carboxylic acids is 1. The maximum atomic E-state index is 11.6. The van der Waals surface area contributed by atoms with E-state index in [0.717, 1.165) is 0 Å². The van der Waals surface area contributed by atoms with Crippen molar-refractivity contribution >= 4 is 23.5 Å². The average Bonchev–Trinajstić information content (AvgIpc) is 2.15. The quantitative estimate of drug-likeness (QED) is 0.451. The highest BCUT2D eigenvalue weighted by molar-refractivity contribution is 6.44. The highest BCUT2D eigenvalue weighted by Crippen LogP contribution is 2.28. The van der Waals surface area contributed by atoms with Gasteiger partial charge in [-0.2, -0.15) is 0 Å². The van der Waals surface area contributed by atoms with E-state index in [1.165, 1.54) is 0 Å². The van der Waals surface area contributed by atoms with Gasteiger partial charge >= 0.3 is 11.9 Å². The molecule has 0 bridgehead atoms. The molecule has 0 aliphatic carbocycles. The molecule has 15 heavy (non-hydrogen) atoms. The minimum Gasteiger partial charge on any atom is -0.479 e. The van der Waals surface area contributed by atoms with Gasteiger partial charge in [0.1, 0.15) is 0 Å². The van der Waals surface area contributed by atoms with Crippen LogP contribution in [0.4, 0.5) is 0 Å². The Bertz CT molecular complexity index is 252. The van der Waals surface area contributed by atoms with E-state index >= 15 is 0 Å². The summed E-state index contributed by atoms with van der Waals surface area (Å²) in [6, 6.07) is 0. The molecule has 0 fully saturated rings. The maximum absolute atomic E-state index is 11.6. The summed E-state index contributed by atoms with van der Waals surface area (Å²) in [5.41, 5.74) is 0. The van der Waals surface area contributed by atoms with Crippen molar-refractivity contribution in [3.8, 4) is 0 Å². The predicted molar refractivity (Wildman–Crippen MR) is 56.9 cm³/mol. The molecule has 0 saturated carbocycles. The molecule has 0 aliphatic heterocycles. The highest BCUT2D eigenvalue weighted by Gasteiger charge is 2.49. The number of ether oxygens (including phenoxy) is 1. The lowest BCUT2D eigenvalue weighted by atomic mass is 9.95. The first-order valence-electron chi connectivity index (χ1n) is 4.90. The van der Waals surface area contributed by atoms with E-state index in [4.69, 9.17) is 21.4 Å². The SMILES string of the molecule is CCC(C)OC(=O)C(Cl)(C(=O)O)C(C)C. The van der Waals surface area contributed by atoms with E-state index in [0.29, 0.717) is 6.42 Å².